The molecule has 0 bridgehead atoms. The molecule has 0 aliphatic rings. The molecular weight excluding hydrogens is 435 g/mol. The summed E-state index contributed by atoms with van der Waals surface area (Å²) in [4.78, 5) is 27.9. The largest absolute Gasteiger partial charge is 0.357 e. The zero-order chi connectivity index (χ0) is 23.6. The van der Waals surface area contributed by atoms with Crippen molar-refractivity contribution in [3.05, 3.63) is 107 Å². The predicted octanol–water partition coefficient (Wildman–Crippen LogP) is 4.75. The molecular formula is C27H29FN2O2S. The van der Waals surface area contributed by atoms with Crippen LogP contribution in [0.4, 0.5) is 4.39 Å². The van der Waals surface area contributed by atoms with Crippen LogP contribution in [0.3, 0.4) is 0 Å². The molecule has 0 saturated heterocycles. The average Bonchev–Trinajstić information content (AvgIpc) is 2.82. The third-order valence-corrected chi connectivity index (χ3v) is 6.36. The molecule has 0 unspecified atom stereocenters. The van der Waals surface area contributed by atoms with Crippen molar-refractivity contribution >= 4 is 23.6 Å². The fourth-order valence-electron chi connectivity index (χ4n) is 3.67. The molecule has 3 aromatic rings. The van der Waals surface area contributed by atoms with Crippen molar-refractivity contribution in [2.24, 2.45) is 0 Å². The summed E-state index contributed by atoms with van der Waals surface area (Å²) in [6.07, 6.45) is 0.413. The maximum atomic E-state index is 14.0. The number of likely N-dealkylation sites (N-methyl/N-ethyl adjacent to an activating group) is 1. The van der Waals surface area contributed by atoms with Gasteiger partial charge in [-0.05, 0) is 29.7 Å². The number of carbonyl (C=O) groups is 2. The van der Waals surface area contributed by atoms with Gasteiger partial charge in [-0.25, -0.2) is 4.39 Å². The Morgan fingerprint density at radius 1 is 0.970 bits per heavy atom. The van der Waals surface area contributed by atoms with Crippen LogP contribution in [0.5, 0.6) is 0 Å². The lowest BCUT2D eigenvalue weighted by Crippen LogP contribution is -2.50. The minimum Gasteiger partial charge on any atom is -0.357 e. The normalized spacial score (nSPS) is 11.6. The van der Waals surface area contributed by atoms with Gasteiger partial charge in [0, 0.05) is 25.8 Å². The van der Waals surface area contributed by atoms with Crippen molar-refractivity contribution < 1.29 is 14.0 Å². The molecule has 3 aromatic carbocycles. The highest BCUT2D eigenvalue weighted by Gasteiger charge is 2.29. The van der Waals surface area contributed by atoms with Crippen LogP contribution in [-0.4, -0.2) is 35.6 Å². The van der Waals surface area contributed by atoms with Crippen LogP contribution >= 0.6 is 11.8 Å². The van der Waals surface area contributed by atoms with Gasteiger partial charge in [-0.1, -0.05) is 78.4 Å². The van der Waals surface area contributed by atoms with E-state index < -0.39 is 6.04 Å². The maximum Gasteiger partial charge on any atom is 0.242 e. The summed E-state index contributed by atoms with van der Waals surface area (Å²) in [5.41, 5.74) is 3.60. The van der Waals surface area contributed by atoms with Crippen LogP contribution in [0.15, 0.2) is 78.9 Å². The van der Waals surface area contributed by atoms with E-state index in [0.29, 0.717) is 24.3 Å². The molecule has 4 nitrogen and oxygen atoms in total. The van der Waals surface area contributed by atoms with Crippen LogP contribution < -0.4 is 5.32 Å². The number of thioether (sulfide) groups is 1. The van der Waals surface area contributed by atoms with Gasteiger partial charge in [0.2, 0.25) is 11.8 Å². The maximum absolute atomic E-state index is 14.0. The molecule has 0 heterocycles. The number of hydrogen-bond donors (Lipinski definition) is 1. The van der Waals surface area contributed by atoms with Gasteiger partial charge in [-0.3, -0.25) is 9.59 Å². The number of nitrogens with zero attached hydrogens (tertiary/aromatic N) is 1. The Balaban J connectivity index is 1.81. The minimum atomic E-state index is -0.653. The zero-order valence-corrected chi connectivity index (χ0v) is 19.8. The highest BCUT2D eigenvalue weighted by atomic mass is 32.2. The SMILES string of the molecule is CNC(=O)[C@@H](Cc1ccccc1)N(Cc1cccc(C)c1)C(=O)CSCc1ccccc1F. The minimum absolute atomic E-state index is 0.151. The molecule has 6 heteroatoms. The van der Waals surface area contributed by atoms with Gasteiger partial charge < -0.3 is 10.2 Å². The summed E-state index contributed by atoms with van der Waals surface area (Å²) >= 11 is 1.35. The first-order valence-electron chi connectivity index (χ1n) is 10.9. The number of amides is 2. The first kappa shape index (κ1) is 24.5. The lowest BCUT2D eigenvalue weighted by Gasteiger charge is -2.31. The van der Waals surface area contributed by atoms with Crippen LogP contribution in [0.25, 0.3) is 0 Å². The van der Waals surface area contributed by atoms with Gasteiger partial charge in [-0.15, -0.1) is 11.8 Å². The molecule has 0 saturated carbocycles. The lowest BCUT2D eigenvalue weighted by molar-refractivity contribution is -0.139. The Morgan fingerprint density at radius 3 is 2.36 bits per heavy atom. The molecule has 3 rings (SSSR count). The number of nitrogens with one attached hydrogen (secondary N) is 1. The van der Waals surface area contributed by atoms with E-state index >= 15 is 0 Å². The summed E-state index contributed by atoms with van der Waals surface area (Å²) in [6, 6.07) is 23.5. The van der Waals surface area contributed by atoms with E-state index in [9.17, 15) is 14.0 Å². The van der Waals surface area contributed by atoms with Crippen molar-refractivity contribution in [2.75, 3.05) is 12.8 Å². The molecule has 0 aliphatic heterocycles. The highest BCUT2D eigenvalue weighted by Crippen LogP contribution is 2.20. The van der Waals surface area contributed by atoms with Gasteiger partial charge in [0.25, 0.3) is 0 Å². The number of carbonyl (C=O) groups excluding carboxylic acids is 2. The Bertz CT molecular complexity index is 1070. The first-order valence-corrected chi connectivity index (χ1v) is 12.0. The first-order chi connectivity index (χ1) is 16.0. The molecule has 1 atom stereocenters. The number of hydrogen-bond acceptors (Lipinski definition) is 3. The molecule has 0 aliphatic carbocycles. The van der Waals surface area contributed by atoms with Crippen molar-refractivity contribution in [3.8, 4) is 0 Å². The topological polar surface area (TPSA) is 49.4 Å². The third kappa shape index (κ3) is 7.19. The Morgan fingerprint density at radius 2 is 1.67 bits per heavy atom. The summed E-state index contributed by atoms with van der Waals surface area (Å²) in [7, 11) is 1.59. The van der Waals surface area contributed by atoms with Crippen molar-refractivity contribution in [1.29, 1.82) is 0 Å². The van der Waals surface area contributed by atoms with E-state index in [-0.39, 0.29) is 23.4 Å². The van der Waals surface area contributed by atoms with Crippen molar-refractivity contribution in [2.45, 2.75) is 31.7 Å². The predicted molar refractivity (Wildman–Crippen MR) is 132 cm³/mol. The van der Waals surface area contributed by atoms with Gasteiger partial charge in [0.05, 0.1) is 5.75 Å². The van der Waals surface area contributed by atoms with E-state index in [1.807, 2.05) is 61.5 Å². The van der Waals surface area contributed by atoms with Gasteiger partial charge in [-0.2, -0.15) is 0 Å². The van der Waals surface area contributed by atoms with Crippen molar-refractivity contribution in [3.63, 3.8) is 0 Å². The quantitative estimate of drug-likeness (QED) is 0.471. The Labute approximate surface area is 199 Å². The second-order valence-corrected chi connectivity index (χ2v) is 8.90. The fourth-order valence-corrected chi connectivity index (χ4v) is 4.57. The molecule has 0 spiro atoms. The summed E-state index contributed by atoms with van der Waals surface area (Å²) in [5.74, 6) is -0.0923. The molecule has 0 radical (unpaired) electrons. The van der Waals surface area contributed by atoms with E-state index in [1.54, 1.807) is 30.1 Å². The van der Waals surface area contributed by atoms with Crippen LogP contribution in [-0.2, 0) is 28.3 Å². The number of halogens is 1. The molecule has 2 amide bonds. The van der Waals surface area contributed by atoms with Crippen molar-refractivity contribution in [1.82, 2.24) is 10.2 Å². The summed E-state index contributed by atoms with van der Waals surface area (Å²) < 4.78 is 14.0. The molecule has 33 heavy (non-hydrogen) atoms. The fraction of sp³-hybridized carbons (Fsp3) is 0.259. The van der Waals surface area contributed by atoms with Gasteiger partial charge >= 0.3 is 0 Å². The Kier molecular flexibility index (Phi) is 9.07. The second-order valence-electron chi connectivity index (χ2n) is 7.91. The molecule has 0 fully saturated rings. The number of aryl methyl sites for hydroxylation is 1. The van der Waals surface area contributed by atoms with Gasteiger partial charge in [0.1, 0.15) is 11.9 Å². The summed E-state index contributed by atoms with van der Waals surface area (Å²) in [6.45, 7) is 2.33. The van der Waals surface area contributed by atoms with Crippen LogP contribution in [0, 0.1) is 12.7 Å². The average molecular weight is 465 g/mol. The van der Waals surface area contributed by atoms with Crippen LogP contribution in [0.1, 0.15) is 22.3 Å². The smallest absolute Gasteiger partial charge is 0.242 e. The lowest BCUT2D eigenvalue weighted by atomic mass is 10.0. The molecule has 172 valence electrons. The second kappa shape index (κ2) is 12.2. The van der Waals surface area contributed by atoms with Gasteiger partial charge in [0.15, 0.2) is 0 Å². The molecule has 0 aromatic heterocycles. The van der Waals surface area contributed by atoms with E-state index in [1.165, 1.54) is 17.8 Å². The monoisotopic (exact) mass is 464 g/mol. The standard InChI is InChI=1S/C27H29FN2O2S/c1-20-9-8-12-22(15-20)17-30(25(27(32)29-2)16-21-10-4-3-5-11-21)26(31)19-33-18-23-13-6-7-14-24(23)28/h3-15,25H,16-19H2,1-2H3,(H,29,32)/t25-/m1/s1. The summed E-state index contributed by atoms with van der Waals surface area (Å²) in [5, 5.41) is 2.72. The zero-order valence-electron chi connectivity index (χ0n) is 19.0. The Hall–Kier alpha value is -3.12. The molecule has 1 N–H and O–H groups in total. The number of rotatable bonds is 10. The highest BCUT2D eigenvalue weighted by molar-refractivity contribution is 7.99. The number of benzene rings is 3. The van der Waals surface area contributed by atoms with E-state index in [0.717, 1.165) is 16.7 Å². The van der Waals surface area contributed by atoms with Crippen LogP contribution in [0.2, 0.25) is 0 Å². The van der Waals surface area contributed by atoms with E-state index in [2.05, 4.69) is 5.32 Å². The van der Waals surface area contributed by atoms with E-state index in [4.69, 9.17) is 0 Å². The third-order valence-electron chi connectivity index (χ3n) is 5.39.